The summed E-state index contributed by atoms with van der Waals surface area (Å²) in [7, 11) is 2.02. The average molecular weight is 383 g/mol. The molecule has 1 aromatic carbocycles. The van der Waals surface area contributed by atoms with Crippen LogP contribution >= 0.6 is 11.3 Å². The van der Waals surface area contributed by atoms with Gasteiger partial charge in [-0.15, -0.1) is 11.3 Å². The quantitative estimate of drug-likeness (QED) is 0.483. The van der Waals surface area contributed by atoms with Crippen molar-refractivity contribution < 1.29 is 0 Å². The number of H-pyrrole nitrogens is 1. The third-order valence-corrected chi connectivity index (χ3v) is 5.13. The standard InChI is InChI=1S/C20H26N6S/c1-4-19-24-16(14-27-19)11-23-20(21-5-2)26(3)13-18-22-12-17(25-18)15-9-7-6-8-10-15/h6-10,12,14H,4-5,11,13H2,1-3H3,(H,21,23)(H,22,25). The largest absolute Gasteiger partial charge is 0.357 e. The topological polar surface area (TPSA) is 69.2 Å². The second-order valence-corrected chi connectivity index (χ2v) is 7.16. The van der Waals surface area contributed by atoms with Gasteiger partial charge in [0.1, 0.15) is 5.82 Å². The van der Waals surface area contributed by atoms with E-state index >= 15 is 0 Å². The van der Waals surface area contributed by atoms with Crippen LogP contribution in [0.25, 0.3) is 11.3 Å². The van der Waals surface area contributed by atoms with Crippen LogP contribution in [0.15, 0.2) is 46.9 Å². The second kappa shape index (κ2) is 9.32. The molecule has 0 bridgehead atoms. The van der Waals surface area contributed by atoms with Gasteiger partial charge in [0.05, 0.1) is 35.7 Å². The highest BCUT2D eigenvalue weighted by atomic mass is 32.1. The first-order chi connectivity index (χ1) is 13.2. The first-order valence-electron chi connectivity index (χ1n) is 9.21. The molecule has 27 heavy (non-hydrogen) atoms. The van der Waals surface area contributed by atoms with E-state index in [4.69, 9.17) is 4.99 Å². The molecule has 0 aliphatic heterocycles. The maximum atomic E-state index is 4.73. The van der Waals surface area contributed by atoms with E-state index in [2.05, 4.69) is 56.5 Å². The highest BCUT2D eigenvalue weighted by molar-refractivity contribution is 7.09. The summed E-state index contributed by atoms with van der Waals surface area (Å²) in [6, 6.07) is 10.2. The van der Waals surface area contributed by atoms with E-state index < -0.39 is 0 Å². The van der Waals surface area contributed by atoms with Crippen molar-refractivity contribution in [3.8, 4) is 11.3 Å². The summed E-state index contributed by atoms with van der Waals surface area (Å²) in [6.07, 6.45) is 2.85. The monoisotopic (exact) mass is 382 g/mol. The number of benzene rings is 1. The van der Waals surface area contributed by atoms with E-state index in [0.717, 1.165) is 46.7 Å². The molecule has 0 radical (unpaired) electrons. The summed E-state index contributed by atoms with van der Waals surface area (Å²) in [4.78, 5) is 19.3. The van der Waals surface area contributed by atoms with Crippen molar-refractivity contribution in [3.63, 3.8) is 0 Å². The molecule has 2 aromatic heterocycles. The molecular weight excluding hydrogens is 356 g/mol. The molecule has 0 saturated heterocycles. The lowest BCUT2D eigenvalue weighted by atomic mass is 10.2. The number of aliphatic imine (C=N–C) groups is 1. The maximum absolute atomic E-state index is 4.73. The van der Waals surface area contributed by atoms with E-state index in [1.807, 2.05) is 31.4 Å². The number of hydrogen-bond donors (Lipinski definition) is 2. The number of rotatable bonds is 7. The molecule has 2 heterocycles. The summed E-state index contributed by atoms with van der Waals surface area (Å²) >= 11 is 1.70. The number of nitrogens with one attached hydrogen (secondary N) is 2. The normalized spacial score (nSPS) is 11.6. The van der Waals surface area contributed by atoms with Crippen molar-refractivity contribution in [1.82, 2.24) is 25.2 Å². The van der Waals surface area contributed by atoms with Crippen molar-refractivity contribution >= 4 is 17.3 Å². The van der Waals surface area contributed by atoms with Gasteiger partial charge in [-0.3, -0.25) is 0 Å². The molecule has 0 fully saturated rings. The van der Waals surface area contributed by atoms with E-state index in [1.165, 1.54) is 0 Å². The van der Waals surface area contributed by atoms with Crippen molar-refractivity contribution in [2.75, 3.05) is 13.6 Å². The lowest BCUT2D eigenvalue weighted by Gasteiger charge is -2.20. The van der Waals surface area contributed by atoms with Gasteiger partial charge >= 0.3 is 0 Å². The third-order valence-electron chi connectivity index (χ3n) is 4.09. The molecule has 0 aliphatic carbocycles. The van der Waals surface area contributed by atoms with Crippen molar-refractivity contribution in [1.29, 1.82) is 0 Å². The fourth-order valence-electron chi connectivity index (χ4n) is 2.72. The molecule has 3 rings (SSSR count). The Morgan fingerprint density at radius 1 is 1.26 bits per heavy atom. The lowest BCUT2D eigenvalue weighted by molar-refractivity contribution is 0.464. The van der Waals surface area contributed by atoms with Crippen LogP contribution in [0.5, 0.6) is 0 Å². The third kappa shape index (κ3) is 5.17. The van der Waals surface area contributed by atoms with Gasteiger partial charge in [0, 0.05) is 19.0 Å². The number of aryl methyl sites for hydroxylation is 1. The number of aromatic nitrogens is 3. The van der Waals surface area contributed by atoms with Gasteiger partial charge in [0.25, 0.3) is 0 Å². The zero-order valence-electron chi connectivity index (χ0n) is 16.1. The van der Waals surface area contributed by atoms with Crippen LogP contribution in [0.2, 0.25) is 0 Å². The molecule has 0 unspecified atom stereocenters. The van der Waals surface area contributed by atoms with Crippen LogP contribution in [0, 0.1) is 0 Å². The van der Waals surface area contributed by atoms with Gasteiger partial charge in [0.2, 0.25) is 0 Å². The summed E-state index contributed by atoms with van der Waals surface area (Å²) in [5.41, 5.74) is 3.18. The van der Waals surface area contributed by atoms with Gasteiger partial charge in [-0.25, -0.2) is 15.0 Å². The van der Waals surface area contributed by atoms with Gasteiger partial charge in [-0.2, -0.15) is 0 Å². The number of aromatic amines is 1. The number of imidazole rings is 1. The average Bonchev–Trinajstić information content (AvgIpc) is 3.35. The summed E-state index contributed by atoms with van der Waals surface area (Å²) in [5, 5.41) is 6.59. The molecular formula is C20H26N6S. The summed E-state index contributed by atoms with van der Waals surface area (Å²) < 4.78 is 0. The van der Waals surface area contributed by atoms with E-state index in [0.29, 0.717) is 13.1 Å². The van der Waals surface area contributed by atoms with Crippen molar-refractivity contribution in [2.24, 2.45) is 4.99 Å². The highest BCUT2D eigenvalue weighted by Gasteiger charge is 2.10. The zero-order chi connectivity index (χ0) is 19.1. The predicted molar refractivity (Wildman–Crippen MR) is 112 cm³/mol. The van der Waals surface area contributed by atoms with Gasteiger partial charge in [0.15, 0.2) is 5.96 Å². The Morgan fingerprint density at radius 3 is 2.78 bits per heavy atom. The number of nitrogens with zero attached hydrogens (tertiary/aromatic N) is 4. The number of guanidine groups is 1. The Hall–Kier alpha value is -2.67. The Kier molecular flexibility index (Phi) is 6.59. The van der Waals surface area contributed by atoms with Crippen molar-refractivity contribution in [2.45, 2.75) is 33.4 Å². The smallest absolute Gasteiger partial charge is 0.194 e. The highest BCUT2D eigenvalue weighted by Crippen LogP contribution is 2.16. The molecule has 0 saturated carbocycles. The first kappa shape index (κ1) is 19.1. The molecule has 2 N–H and O–H groups in total. The molecule has 142 valence electrons. The van der Waals surface area contributed by atoms with Crippen LogP contribution in [-0.4, -0.2) is 39.4 Å². The van der Waals surface area contributed by atoms with Crippen LogP contribution in [0.4, 0.5) is 0 Å². The van der Waals surface area contributed by atoms with Crippen LogP contribution in [0.3, 0.4) is 0 Å². The molecule has 6 nitrogen and oxygen atoms in total. The van der Waals surface area contributed by atoms with Gasteiger partial charge in [-0.1, -0.05) is 37.3 Å². The Labute approximate surface area is 164 Å². The fraction of sp³-hybridized carbons (Fsp3) is 0.350. The zero-order valence-corrected chi connectivity index (χ0v) is 16.9. The first-order valence-corrected chi connectivity index (χ1v) is 10.1. The van der Waals surface area contributed by atoms with E-state index in [9.17, 15) is 0 Å². The van der Waals surface area contributed by atoms with Crippen molar-refractivity contribution in [3.05, 3.63) is 58.4 Å². The molecule has 0 amide bonds. The second-order valence-electron chi connectivity index (χ2n) is 6.22. The van der Waals surface area contributed by atoms with Crippen LogP contribution < -0.4 is 5.32 Å². The van der Waals surface area contributed by atoms with Crippen LogP contribution in [0.1, 0.15) is 30.4 Å². The number of thiazole rings is 1. The predicted octanol–water partition coefficient (Wildman–Crippen LogP) is 3.69. The maximum Gasteiger partial charge on any atom is 0.194 e. The van der Waals surface area contributed by atoms with Crippen LogP contribution in [-0.2, 0) is 19.5 Å². The summed E-state index contributed by atoms with van der Waals surface area (Å²) in [5.74, 6) is 1.75. The Morgan fingerprint density at radius 2 is 2.07 bits per heavy atom. The van der Waals surface area contributed by atoms with E-state index in [1.54, 1.807) is 11.3 Å². The minimum Gasteiger partial charge on any atom is -0.357 e. The molecule has 0 atom stereocenters. The lowest BCUT2D eigenvalue weighted by Crippen LogP contribution is -2.38. The minimum atomic E-state index is 0.580. The summed E-state index contributed by atoms with van der Waals surface area (Å²) in [6.45, 7) is 6.24. The van der Waals surface area contributed by atoms with Gasteiger partial charge in [-0.05, 0) is 18.9 Å². The minimum absolute atomic E-state index is 0.580. The fourth-order valence-corrected chi connectivity index (χ4v) is 3.45. The molecule has 0 spiro atoms. The molecule has 7 heteroatoms. The SMILES string of the molecule is CCNC(=NCc1csc(CC)n1)N(C)Cc1ncc(-c2ccccc2)[nH]1. The molecule has 3 aromatic rings. The van der Waals surface area contributed by atoms with E-state index in [-0.39, 0.29) is 0 Å². The van der Waals surface area contributed by atoms with Gasteiger partial charge < -0.3 is 15.2 Å². The Balaban J connectivity index is 1.67. The number of hydrogen-bond acceptors (Lipinski definition) is 4. The molecule has 0 aliphatic rings. The Bertz CT molecular complexity index is 867.